The number of thiophene rings is 1. The molecule has 0 nitrogen and oxygen atoms in total. The molecule has 0 spiro atoms. The van der Waals surface area contributed by atoms with Gasteiger partial charge in [-0.05, 0) is 11.4 Å². The molecule has 0 N–H and O–H groups in total. The van der Waals surface area contributed by atoms with E-state index < -0.39 is 0 Å². The van der Waals surface area contributed by atoms with Crippen LogP contribution in [0.3, 0.4) is 0 Å². The van der Waals surface area contributed by atoms with Gasteiger partial charge in [0.15, 0.2) is 0 Å². The Hall–Kier alpha value is -0.300. The summed E-state index contributed by atoms with van der Waals surface area (Å²) in [6, 6.07) is 2.20. The van der Waals surface area contributed by atoms with Crippen molar-refractivity contribution in [3.8, 4) is 0 Å². The van der Waals surface area contributed by atoms with Gasteiger partial charge < -0.3 is 0 Å². The molecule has 0 fully saturated rings. The van der Waals surface area contributed by atoms with E-state index in [1.165, 1.54) is 11.3 Å². The first-order chi connectivity index (χ1) is 2.89. The number of rotatable bonds is 0. The van der Waals surface area contributed by atoms with E-state index in [1.807, 2.05) is 5.38 Å². The average molecular weight is 85.1 g/mol. The molecule has 1 aromatic heterocycles. The Kier molecular flexibility index (Phi) is 0.484. The molecule has 1 rings (SSSR count). The van der Waals surface area contributed by atoms with Gasteiger partial charge in [-0.25, -0.2) is 0 Å². The fraction of sp³-hybridized carbons (Fsp3) is 0. The number of hydrogen-bond acceptors (Lipinski definition) is 1. The second-order valence-electron chi connectivity index (χ2n) is 0.667. The highest BCUT2D eigenvalue weighted by Crippen LogP contribution is 1.90. The van der Waals surface area contributed by atoms with Gasteiger partial charge in [0.2, 0.25) is 0 Å². The first-order valence-electron chi connectivity index (χ1n) is 1.81. The van der Waals surface area contributed by atoms with Crippen LogP contribution in [-0.2, 0) is 0 Å². The Morgan fingerprint density at radius 2 is 3.00 bits per heavy atom. The average Bonchev–Trinajstić information content (AvgIpc) is 1.86. The van der Waals surface area contributed by atoms with Crippen LogP contribution in [0.15, 0.2) is 17.5 Å². The Morgan fingerprint density at radius 1 is 2.00 bits per heavy atom. The van der Waals surface area contributed by atoms with Gasteiger partial charge in [0.1, 0.15) is 0 Å². The van der Waals surface area contributed by atoms with Crippen molar-refractivity contribution in [2.75, 3.05) is 0 Å². The van der Waals surface area contributed by atoms with Crippen molar-refractivity contribution in [3.63, 3.8) is 0 Å². The lowest BCUT2D eigenvalue weighted by Gasteiger charge is -1.38. The van der Waals surface area contributed by atoms with Crippen LogP contribution in [0.5, 0.6) is 0 Å². The topological polar surface area (TPSA) is 0 Å². The normalized spacial score (nSPS) is 10.8. The molecule has 1 heteroatoms. The van der Waals surface area contributed by atoms with E-state index in [9.17, 15) is 0 Å². The van der Waals surface area contributed by atoms with Crippen LogP contribution in [0.25, 0.3) is 0 Å². The summed E-state index contributed by atoms with van der Waals surface area (Å²) in [6.07, 6.45) is 0. The summed E-state index contributed by atoms with van der Waals surface area (Å²) in [6.45, 7) is 0. The summed E-state index contributed by atoms with van der Waals surface area (Å²) in [5.41, 5.74) is 0. The minimum absolute atomic E-state index is 0.486. The predicted molar refractivity (Wildman–Crippen MR) is 23.2 cm³/mol. The predicted octanol–water partition coefficient (Wildman–Crippen LogP) is 1.55. The first-order valence-corrected chi connectivity index (χ1v) is 2.19. The molecule has 0 saturated carbocycles. The summed E-state index contributed by atoms with van der Waals surface area (Å²) in [5.74, 6) is 0. The van der Waals surface area contributed by atoms with Crippen molar-refractivity contribution in [3.05, 3.63) is 22.9 Å². The smallest absolute Gasteiger partial charge is 0.0638 e. The van der Waals surface area contributed by atoms with Gasteiger partial charge in [-0.15, -0.1) is 11.3 Å². The largest absolute Gasteiger partial charge is 0.143 e. The first kappa shape index (κ1) is 1.98. The monoisotopic (exact) mass is 85.0 g/mol. The third kappa shape index (κ3) is 0.484. The number of hydrogen-bond donors (Lipinski definition) is 0. The lowest BCUT2D eigenvalue weighted by Crippen LogP contribution is -1.17. The molecular formula is C4H3S. The highest BCUT2D eigenvalue weighted by molar-refractivity contribution is 7.07. The van der Waals surface area contributed by atoms with E-state index in [-0.39, 0.29) is 0 Å². The molecule has 0 amide bonds. The second-order valence-corrected chi connectivity index (χ2v) is 1.38. The third-order valence-electron chi connectivity index (χ3n) is 0.337. The second kappa shape index (κ2) is 1.22. The SMILES string of the molecule is [3H]c1[c]scc1. The molecule has 0 aromatic carbocycles. The molecule has 0 atom stereocenters. The maximum absolute atomic E-state index is 6.83. The van der Waals surface area contributed by atoms with Crippen molar-refractivity contribution >= 4 is 11.3 Å². The van der Waals surface area contributed by atoms with Gasteiger partial charge in [0, 0.05) is 5.38 Å². The molecule has 0 bridgehead atoms. The van der Waals surface area contributed by atoms with Gasteiger partial charge in [-0.1, -0.05) is 6.07 Å². The van der Waals surface area contributed by atoms with Crippen LogP contribution in [0.1, 0.15) is 1.37 Å². The molecule has 0 unspecified atom stereocenters. The van der Waals surface area contributed by atoms with Crippen molar-refractivity contribution in [1.82, 2.24) is 0 Å². The minimum atomic E-state index is 0.486. The van der Waals surface area contributed by atoms with Gasteiger partial charge in [-0.3, -0.25) is 0 Å². The quantitative estimate of drug-likeness (QED) is 0.448. The summed E-state index contributed by atoms with van der Waals surface area (Å²) in [7, 11) is 0. The van der Waals surface area contributed by atoms with E-state index in [0.717, 1.165) is 0 Å². The molecule has 0 saturated heterocycles. The van der Waals surface area contributed by atoms with E-state index in [1.54, 1.807) is 6.07 Å². The standard InChI is InChI=1S/C4H3S/c1-2-4-5-3-1/h1-3H/i2T. The van der Waals surface area contributed by atoms with Crippen LogP contribution < -0.4 is 0 Å². The zero-order valence-electron chi connectivity index (χ0n) is 3.56. The molecule has 0 aliphatic carbocycles. The van der Waals surface area contributed by atoms with Crippen molar-refractivity contribution < 1.29 is 1.37 Å². The molecule has 5 heavy (non-hydrogen) atoms. The molecule has 0 aliphatic heterocycles. The van der Waals surface area contributed by atoms with Crippen LogP contribution in [0.2, 0.25) is 0 Å². The highest BCUT2D eigenvalue weighted by atomic mass is 32.1. The maximum atomic E-state index is 6.83. The van der Waals surface area contributed by atoms with Gasteiger partial charge in [0.25, 0.3) is 0 Å². The van der Waals surface area contributed by atoms with E-state index in [4.69, 9.17) is 1.37 Å². The molecule has 1 radical (unpaired) electrons. The molecule has 1 heterocycles. The van der Waals surface area contributed by atoms with E-state index >= 15 is 0 Å². The Balaban J connectivity index is 3.05. The van der Waals surface area contributed by atoms with Gasteiger partial charge >= 0.3 is 0 Å². The van der Waals surface area contributed by atoms with E-state index in [0.29, 0.717) is 6.04 Å². The third-order valence-corrected chi connectivity index (χ3v) is 0.845. The van der Waals surface area contributed by atoms with Crippen molar-refractivity contribution in [1.29, 1.82) is 0 Å². The van der Waals surface area contributed by atoms with Crippen molar-refractivity contribution in [2.24, 2.45) is 0 Å². The molecule has 25 valence electrons. The zero-order valence-corrected chi connectivity index (χ0v) is 3.38. The van der Waals surface area contributed by atoms with Crippen LogP contribution in [-0.4, -0.2) is 0 Å². The molecule has 1 aromatic rings. The summed E-state index contributed by atoms with van der Waals surface area (Å²) in [5, 5.41) is 4.54. The van der Waals surface area contributed by atoms with Crippen molar-refractivity contribution in [2.45, 2.75) is 0 Å². The lowest BCUT2D eigenvalue weighted by molar-refractivity contribution is 2.01. The Labute approximate surface area is 36.5 Å². The van der Waals surface area contributed by atoms with Gasteiger partial charge in [0.05, 0.1) is 1.37 Å². The lowest BCUT2D eigenvalue weighted by atomic mass is 10.7. The Morgan fingerprint density at radius 3 is 3.20 bits per heavy atom. The fourth-order valence-electron chi connectivity index (χ4n) is 0.170. The highest BCUT2D eigenvalue weighted by Gasteiger charge is 1.60. The van der Waals surface area contributed by atoms with Crippen LogP contribution in [0, 0.1) is 5.38 Å². The zero-order chi connectivity index (χ0) is 4.41. The fourth-order valence-corrected chi connectivity index (χ4v) is 0.510. The van der Waals surface area contributed by atoms with Crippen LogP contribution >= 0.6 is 11.3 Å². The van der Waals surface area contributed by atoms with Crippen LogP contribution in [0.4, 0.5) is 0 Å². The summed E-state index contributed by atoms with van der Waals surface area (Å²) < 4.78 is 6.83. The summed E-state index contributed by atoms with van der Waals surface area (Å²) >= 11 is 1.43. The minimum Gasteiger partial charge on any atom is -0.143 e. The maximum Gasteiger partial charge on any atom is 0.0638 e. The summed E-state index contributed by atoms with van der Waals surface area (Å²) in [4.78, 5) is 0. The molecule has 0 aliphatic rings. The Bertz CT molecular complexity index is 111. The molecular weight excluding hydrogens is 80.1 g/mol. The van der Waals surface area contributed by atoms with Gasteiger partial charge in [-0.2, -0.15) is 0 Å². The van der Waals surface area contributed by atoms with E-state index in [2.05, 4.69) is 5.38 Å².